The van der Waals surface area contributed by atoms with Crippen LogP contribution in [0, 0.1) is 35.0 Å². The zero-order valence-electron chi connectivity index (χ0n) is 22.5. The Morgan fingerprint density at radius 2 is 1.92 bits per heavy atom. The molecule has 212 valence electrons. The van der Waals surface area contributed by atoms with Crippen molar-refractivity contribution in [3.63, 3.8) is 0 Å². The molecule has 12 heteroatoms. The Hall–Kier alpha value is -1.13. The van der Waals surface area contributed by atoms with Gasteiger partial charge in [0.05, 0.1) is 35.6 Å². The van der Waals surface area contributed by atoms with E-state index in [1.807, 2.05) is 11.8 Å². The molecule has 0 aromatic heterocycles. The van der Waals surface area contributed by atoms with Crippen LogP contribution in [0.1, 0.15) is 39.5 Å². The normalized spacial score (nSPS) is 45.3. The molecule has 10 nitrogen and oxygen atoms in total. The largest absolute Gasteiger partial charge is 0.380 e. The number of ether oxygens (including phenoxy) is 1. The number of nitriles is 1. The monoisotopic (exact) mass is 567 g/mol. The van der Waals surface area contributed by atoms with Crippen LogP contribution in [-0.4, -0.2) is 96.5 Å². The summed E-state index contributed by atoms with van der Waals surface area (Å²) in [6.45, 7) is 6.83. The lowest BCUT2D eigenvalue weighted by molar-refractivity contribution is -0.134. The third-order valence-electron chi connectivity index (χ3n) is 9.34. The van der Waals surface area contributed by atoms with Gasteiger partial charge in [0.2, 0.25) is 11.8 Å². The summed E-state index contributed by atoms with van der Waals surface area (Å²) in [5, 5.41) is 26.5. The molecule has 5 N–H and O–H groups in total. The summed E-state index contributed by atoms with van der Waals surface area (Å²) in [6.07, 6.45) is 3.21. The average molecular weight is 568 g/mol. The van der Waals surface area contributed by atoms with Crippen molar-refractivity contribution >= 4 is 35.2 Å². The molecule has 5 aliphatic rings. The molecular formula is C26H42ClN7O3S. The Bertz CT molecular complexity index is 910. The molecule has 5 aliphatic heterocycles. The summed E-state index contributed by atoms with van der Waals surface area (Å²) in [4.78, 5) is 28.7. The lowest BCUT2D eigenvalue weighted by Crippen LogP contribution is -2.57. The van der Waals surface area contributed by atoms with Gasteiger partial charge in [0, 0.05) is 56.7 Å². The van der Waals surface area contributed by atoms with Gasteiger partial charge in [0.25, 0.3) is 0 Å². The first-order chi connectivity index (χ1) is 18.3. The van der Waals surface area contributed by atoms with E-state index in [0.717, 1.165) is 19.3 Å². The summed E-state index contributed by atoms with van der Waals surface area (Å²) in [7, 11) is 1.74. The number of piperidine rings is 3. The number of carbonyl (C=O) groups is 2. The molecule has 2 amide bonds. The van der Waals surface area contributed by atoms with Gasteiger partial charge < -0.3 is 25.6 Å². The summed E-state index contributed by atoms with van der Waals surface area (Å²) >= 11 is 8.18. The predicted octanol–water partition coefficient (Wildman–Crippen LogP) is 0.386. The number of fused-ring (bicyclic) bond motifs is 1. The molecule has 0 aromatic carbocycles. The van der Waals surface area contributed by atoms with E-state index >= 15 is 0 Å². The zero-order valence-corrected chi connectivity index (χ0v) is 24.1. The van der Waals surface area contributed by atoms with Crippen LogP contribution in [0.15, 0.2) is 0 Å². The Balaban J connectivity index is 1.15. The van der Waals surface area contributed by atoms with Crippen LogP contribution in [0.25, 0.3) is 0 Å². The average Bonchev–Trinajstić information content (AvgIpc) is 3.46. The van der Waals surface area contributed by atoms with Crippen LogP contribution < -0.4 is 26.6 Å². The van der Waals surface area contributed by atoms with E-state index in [4.69, 9.17) is 16.3 Å². The third kappa shape index (κ3) is 5.97. The van der Waals surface area contributed by atoms with E-state index in [1.54, 1.807) is 18.9 Å². The van der Waals surface area contributed by atoms with Crippen LogP contribution in [-0.2, 0) is 14.3 Å². The second kappa shape index (κ2) is 12.2. The van der Waals surface area contributed by atoms with Crippen LogP contribution in [0.4, 0.5) is 0 Å². The lowest BCUT2D eigenvalue weighted by Gasteiger charge is -2.45. The number of likely N-dealkylation sites (tertiary alicyclic amines) is 1. The number of amides is 2. The molecule has 5 rings (SSSR count). The molecule has 5 fully saturated rings. The van der Waals surface area contributed by atoms with Crippen molar-refractivity contribution in [3.05, 3.63) is 0 Å². The first kappa shape index (κ1) is 28.4. The fourth-order valence-corrected chi connectivity index (χ4v) is 8.85. The van der Waals surface area contributed by atoms with Crippen molar-refractivity contribution < 1.29 is 14.3 Å². The summed E-state index contributed by atoms with van der Waals surface area (Å²) in [5.41, 5.74) is -0.261. The number of thioether (sulfide) groups is 1. The molecular weight excluding hydrogens is 526 g/mol. The van der Waals surface area contributed by atoms with E-state index in [-0.39, 0.29) is 76.0 Å². The van der Waals surface area contributed by atoms with E-state index in [1.165, 1.54) is 0 Å². The lowest BCUT2D eigenvalue weighted by atomic mass is 9.70. The number of carbonyl (C=O) groups excluding carboxylic acids is 2. The summed E-state index contributed by atoms with van der Waals surface area (Å²) in [5.74, 6) is 0.444. The molecule has 0 aliphatic carbocycles. The van der Waals surface area contributed by atoms with Gasteiger partial charge in [0.15, 0.2) is 0 Å². The molecule has 0 bridgehead atoms. The zero-order chi connectivity index (χ0) is 27.0. The number of nitrogens with one attached hydrogen (secondary N) is 5. The maximum Gasteiger partial charge on any atom is 0.239 e. The number of alkyl halides is 1. The number of nitrogens with zero attached hydrogens (tertiary/aromatic N) is 2. The van der Waals surface area contributed by atoms with Crippen LogP contribution >= 0.6 is 23.4 Å². The number of halogens is 1. The predicted molar refractivity (Wildman–Crippen MR) is 147 cm³/mol. The highest BCUT2D eigenvalue weighted by Gasteiger charge is 2.47. The Morgan fingerprint density at radius 1 is 1.11 bits per heavy atom. The standard InChI is InChI=1S/C26H42ClN7O3S/c1-13-6-16(17-7-23(27)30-10-21(17)37-3)18(9-29-13)24(35)33-26-32-20-11-34(12-22(20)38-26)25(36)19-5-4-15(8-28)14(2)31-19/h13-23,26,29-32H,4-7,9-12H2,1-3H3,(H,33,35). The highest BCUT2D eigenvalue weighted by atomic mass is 35.5. The minimum Gasteiger partial charge on any atom is -0.380 e. The minimum atomic E-state index is -0.217. The Kier molecular flexibility index (Phi) is 9.09. The number of hydrogen-bond donors (Lipinski definition) is 5. The quantitative estimate of drug-likeness (QED) is 0.236. The van der Waals surface area contributed by atoms with Gasteiger partial charge in [-0.2, -0.15) is 5.26 Å². The topological polar surface area (TPSA) is 131 Å². The summed E-state index contributed by atoms with van der Waals surface area (Å²) < 4.78 is 5.80. The molecule has 5 heterocycles. The van der Waals surface area contributed by atoms with Gasteiger partial charge in [-0.25, -0.2) is 0 Å². The number of rotatable bonds is 5. The molecule has 0 spiro atoms. The SMILES string of the molecule is COC1CNC(Cl)CC1C1CC(C)NCC1C(=O)NC1NC2CN(C(=O)C3CCC(C#N)C(C)N3)CC2S1. The molecule has 12 atom stereocenters. The van der Waals surface area contributed by atoms with Gasteiger partial charge >= 0.3 is 0 Å². The Morgan fingerprint density at radius 3 is 2.63 bits per heavy atom. The fraction of sp³-hybridized carbons (Fsp3) is 0.885. The van der Waals surface area contributed by atoms with Gasteiger partial charge in [-0.3, -0.25) is 20.2 Å². The number of methoxy groups -OCH3 is 1. The third-order valence-corrected chi connectivity index (χ3v) is 11.0. The van der Waals surface area contributed by atoms with E-state index in [2.05, 4.69) is 39.6 Å². The van der Waals surface area contributed by atoms with Crippen LogP contribution in [0.5, 0.6) is 0 Å². The van der Waals surface area contributed by atoms with E-state index in [0.29, 0.717) is 38.6 Å². The maximum atomic E-state index is 13.6. The first-order valence-corrected chi connectivity index (χ1v) is 15.4. The van der Waals surface area contributed by atoms with Crippen molar-refractivity contribution in [3.8, 4) is 6.07 Å². The second-order valence-electron chi connectivity index (χ2n) is 11.8. The fourth-order valence-electron chi connectivity index (χ4n) is 7.15. The highest BCUT2D eigenvalue weighted by Crippen LogP contribution is 2.38. The van der Waals surface area contributed by atoms with Crippen molar-refractivity contribution in [1.29, 1.82) is 5.26 Å². The minimum absolute atomic E-state index is 0.0253. The Labute approximate surface area is 235 Å². The number of hydrogen-bond acceptors (Lipinski definition) is 9. The molecule has 5 saturated heterocycles. The molecule has 0 radical (unpaired) electrons. The first-order valence-electron chi connectivity index (χ1n) is 14.1. The molecule has 0 saturated carbocycles. The highest BCUT2D eigenvalue weighted by molar-refractivity contribution is 8.00. The smallest absolute Gasteiger partial charge is 0.239 e. The van der Waals surface area contributed by atoms with Crippen molar-refractivity contribution in [2.75, 3.05) is 33.3 Å². The van der Waals surface area contributed by atoms with Gasteiger partial charge in [-0.15, -0.1) is 23.4 Å². The second-order valence-corrected chi connectivity index (χ2v) is 13.6. The van der Waals surface area contributed by atoms with Gasteiger partial charge in [-0.1, -0.05) is 0 Å². The van der Waals surface area contributed by atoms with Crippen molar-refractivity contribution in [2.24, 2.45) is 23.7 Å². The summed E-state index contributed by atoms with van der Waals surface area (Å²) in [6, 6.07) is 2.64. The van der Waals surface area contributed by atoms with Crippen LogP contribution in [0.2, 0.25) is 0 Å². The molecule has 38 heavy (non-hydrogen) atoms. The van der Waals surface area contributed by atoms with Crippen LogP contribution in [0.3, 0.4) is 0 Å². The van der Waals surface area contributed by atoms with E-state index < -0.39 is 0 Å². The molecule has 12 unspecified atom stereocenters. The van der Waals surface area contributed by atoms with Crippen molar-refractivity contribution in [1.82, 2.24) is 31.5 Å². The maximum absolute atomic E-state index is 13.6. The van der Waals surface area contributed by atoms with Gasteiger partial charge in [-0.05, 0) is 51.4 Å². The van der Waals surface area contributed by atoms with Crippen molar-refractivity contribution in [2.45, 2.75) is 86.1 Å². The molecule has 0 aromatic rings. The van der Waals surface area contributed by atoms with E-state index in [9.17, 15) is 14.9 Å². The van der Waals surface area contributed by atoms with Gasteiger partial charge in [0.1, 0.15) is 5.50 Å².